The fourth-order valence-electron chi connectivity index (χ4n) is 1.34. The van der Waals surface area contributed by atoms with E-state index in [0.717, 1.165) is 0 Å². The molecule has 0 aromatic rings. The van der Waals surface area contributed by atoms with Crippen molar-refractivity contribution >= 4 is 10.2 Å². The van der Waals surface area contributed by atoms with Crippen LogP contribution in [-0.2, 0) is 14.9 Å². The highest BCUT2D eigenvalue weighted by Gasteiger charge is 2.21. The molecule has 1 rings (SSSR count). The van der Waals surface area contributed by atoms with Crippen LogP contribution in [0.15, 0.2) is 0 Å². The second-order valence-electron chi connectivity index (χ2n) is 3.07. The van der Waals surface area contributed by atoms with Crippen LogP contribution in [0.5, 0.6) is 0 Å². The van der Waals surface area contributed by atoms with Gasteiger partial charge in [-0.3, -0.25) is 0 Å². The molecule has 72 valence electrons. The quantitative estimate of drug-likeness (QED) is 0.612. The van der Waals surface area contributed by atoms with Crippen molar-refractivity contribution in [3.63, 3.8) is 0 Å². The maximum absolute atomic E-state index is 10.6. The Labute approximate surface area is 72.5 Å². The third kappa shape index (κ3) is 3.48. The van der Waals surface area contributed by atoms with E-state index in [9.17, 15) is 8.42 Å². The molecule has 0 spiro atoms. The van der Waals surface area contributed by atoms with E-state index in [1.54, 1.807) is 0 Å². The van der Waals surface area contributed by atoms with Gasteiger partial charge in [0.2, 0.25) is 0 Å². The summed E-state index contributed by atoms with van der Waals surface area (Å²) < 4.78 is 28.9. The van der Waals surface area contributed by atoms with Crippen LogP contribution < -0.4 is 9.86 Å². The minimum Gasteiger partial charge on any atom is -0.378 e. The highest BCUT2D eigenvalue weighted by Crippen LogP contribution is 2.13. The summed E-state index contributed by atoms with van der Waals surface area (Å²) in [6.45, 7) is 2.51. The first-order valence-corrected chi connectivity index (χ1v) is 5.43. The molecular formula is C6H14N2O3S. The van der Waals surface area contributed by atoms with E-state index in [2.05, 4.69) is 4.72 Å². The van der Waals surface area contributed by atoms with Crippen molar-refractivity contribution < 1.29 is 13.2 Å². The Morgan fingerprint density at radius 2 is 2.25 bits per heavy atom. The Hall–Kier alpha value is -0.170. The van der Waals surface area contributed by atoms with Gasteiger partial charge < -0.3 is 4.74 Å². The smallest absolute Gasteiger partial charge is 0.274 e. The summed E-state index contributed by atoms with van der Waals surface area (Å²) in [4.78, 5) is 0. The second-order valence-corrected chi connectivity index (χ2v) is 4.39. The van der Waals surface area contributed by atoms with E-state index in [4.69, 9.17) is 9.88 Å². The molecule has 1 aliphatic rings. The van der Waals surface area contributed by atoms with Crippen molar-refractivity contribution in [1.82, 2.24) is 4.72 Å². The monoisotopic (exact) mass is 194 g/mol. The summed E-state index contributed by atoms with van der Waals surface area (Å²) in [5.74, 6) is 0. The van der Waals surface area contributed by atoms with Gasteiger partial charge in [0, 0.05) is 12.6 Å². The molecule has 0 bridgehead atoms. The molecule has 0 saturated carbocycles. The zero-order chi connectivity index (χ0) is 9.19. The van der Waals surface area contributed by atoms with Gasteiger partial charge in [-0.1, -0.05) is 0 Å². The zero-order valence-corrected chi connectivity index (χ0v) is 7.80. The molecule has 1 heterocycles. The van der Waals surface area contributed by atoms with Crippen molar-refractivity contribution in [2.45, 2.75) is 31.9 Å². The van der Waals surface area contributed by atoms with E-state index >= 15 is 0 Å². The number of hydrogen-bond donors (Lipinski definition) is 2. The average Bonchev–Trinajstić information content (AvgIpc) is 1.82. The lowest BCUT2D eigenvalue weighted by Gasteiger charge is -2.26. The first-order valence-electron chi connectivity index (χ1n) is 3.89. The summed E-state index contributed by atoms with van der Waals surface area (Å²) >= 11 is 0. The van der Waals surface area contributed by atoms with Crippen molar-refractivity contribution in [2.75, 3.05) is 6.61 Å². The van der Waals surface area contributed by atoms with Gasteiger partial charge in [0.15, 0.2) is 0 Å². The number of nitrogens with two attached hydrogens (primary N) is 1. The number of rotatable bonds is 2. The lowest BCUT2D eigenvalue weighted by Crippen LogP contribution is -2.44. The molecule has 5 nitrogen and oxygen atoms in total. The third-order valence-electron chi connectivity index (χ3n) is 1.82. The lowest BCUT2D eigenvalue weighted by atomic mass is 10.1. The van der Waals surface area contributed by atoms with E-state index in [0.29, 0.717) is 19.4 Å². The molecule has 1 saturated heterocycles. The summed E-state index contributed by atoms with van der Waals surface area (Å²) in [6.07, 6.45) is 1.50. The van der Waals surface area contributed by atoms with Gasteiger partial charge in [0.1, 0.15) is 0 Å². The first-order chi connectivity index (χ1) is 5.47. The Kier molecular flexibility index (Phi) is 3.05. The average molecular weight is 194 g/mol. The summed E-state index contributed by atoms with van der Waals surface area (Å²) in [7, 11) is -3.55. The predicted molar refractivity (Wildman–Crippen MR) is 44.7 cm³/mol. The molecular weight excluding hydrogens is 180 g/mol. The van der Waals surface area contributed by atoms with Crippen LogP contribution in [-0.4, -0.2) is 27.2 Å². The van der Waals surface area contributed by atoms with Crippen LogP contribution in [0.3, 0.4) is 0 Å². The molecule has 1 aliphatic heterocycles. The van der Waals surface area contributed by atoms with E-state index in [1.807, 2.05) is 6.92 Å². The fraction of sp³-hybridized carbons (Fsp3) is 1.00. The van der Waals surface area contributed by atoms with E-state index in [1.165, 1.54) is 0 Å². The minimum absolute atomic E-state index is 0.0660. The largest absolute Gasteiger partial charge is 0.378 e. The highest BCUT2D eigenvalue weighted by molar-refractivity contribution is 7.87. The molecule has 6 heteroatoms. The van der Waals surface area contributed by atoms with Crippen LogP contribution in [0, 0.1) is 0 Å². The molecule has 0 aliphatic carbocycles. The van der Waals surface area contributed by atoms with Crippen molar-refractivity contribution in [3.8, 4) is 0 Å². The first kappa shape index (κ1) is 9.91. The van der Waals surface area contributed by atoms with Crippen molar-refractivity contribution in [2.24, 2.45) is 5.14 Å². The Morgan fingerprint density at radius 3 is 2.75 bits per heavy atom. The third-order valence-corrected chi connectivity index (χ3v) is 2.48. The van der Waals surface area contributed by atoms with Gasteiger partial charge >= 0.3 is 0 Å². The number of ether oxygens (including phenoxy) is 1. The summed E-state index contributed by atoms with van der Waals surface area (Å²) in [5, 5.41) is 4.83. The molecule has 0 aromatic carbocycles. The normalized spacial score (nSPS) is 31.8. The molecule has 1 fully saturated rings. The molecule has 0 aromatic heterocycles. The number of nitrogens with one attached hydrogen (secondary N) is 1. The topological polar surface area (TPSA) is 81.4 Å². The standard InChI is InChI=1S/C6H14N2O3S/c1-5-4-6(2-3-11-5)8-12(7,9)10/h5-6,8H,2-4H2,1H3,(H2,7,9,10). The van der Waals surface area contributed by atoms with Gasteiger partial charge in [-0.2, -0.15) is 13.1 Å². The second kappa shape index (κ2) is 3.69. The Bertz CT molecular complexity index is 239. The van der Waals surface area contributed by atoms with Gasteiger partial charge in [0.25, 0.3) is 10.2 Å². The Morgan fingerprint density at radius 1 is 1.58 bits per heavy atom. The highest BCUT2D eigenvalue weighted by atomic mass is 32.2. The van der Waals surface area contributed by atoms with Crippen molar-refractivity contribution in [1.29, 1.82) is 0 Å². The van der Waals surface area contributed by atoms with Gasteiger partial charge in [-0.25, -0.2) is 5.14 Å². The van der Waals surface area contributed by atoms with Gasteiger partial charge in [-0.15, -0.1) is 0 Å². The van der Waals surface area contributed by atoms with Crippen LogP contribution in [0.2, 0.25) is 0 Å². The summed E-state index contributed by atoms with van der Waals surface area (Å²) in [6, 6.07) is -0.0660. The van der Waals surface area contributed by atoms with Gasteiger partial charge in [-0.05, 0) is 19.8 Å². The van der Waals surface area contributed by atoms with Crippen LogP contribution in [0.25, 0.3) is 0 Å². The van der Waals surface area contributed by atoms with E-state index in [-0.39, 0.29) is 12.1 Å². The fourth-order valence-corrected chi connectivity index (χ4v) is 2.02. The maximum atomic E-state index is 10.6. The molecule has 3 N–H and O–H groups in total. The SMILES string of the molecule is CC1CC(NS(N)(=O)=O)CCO1. The molecule has 2 unspecified atom stereocenters. The minimum atomic E-state index is -3.55. The van der Waals surface area contributed by atoms with Crippen molar-refractivity contribution in [3.05, 3.63) is 0 Å². The zero-order valence-electron chi connectivity index (χ0n) is 6.99. The Balaban J connectivity index is 2.43. The van der Waals surface area contributed by atoms with Crippen LogP contribution in [0.1, 0.15) is 19.8 Å². The van der Waals surface area contributed by atoms with E-state index < -0.39 is 10.2 Å². The molecule has 12 heavy (non-hydrogen) atoms. The van der Waals surface area contributed by atoms with Gasteiger partial charge in [0.05, 0.1) is 6.10 Å². The predicted octanol–water partition coefficient (Wildman–Crippen LogP) is -0.653. The van der Waals surface area contributed by atoms with Crippen LogP contribution >= 0.6 is 0 Å². The number of hydrogen-bond acceptors (Lipinski definition) is 3. The maximum Gasteiger partial charge on any atom is 0.274 e. The molecule has 0 amide bonds. The van der Waals surface area contributed by atoms with Crippen LogP contribution in [0.4, 0.5) is 0 Å². The molecule has 0 radical (unpaired) electrons. The lowest BCUT2D eigenvalue weighted by molar-refractivity contribution is 0.0173. The summed E-state index contributed by atoms with van der Waals surface area (Å²) in [5.41, 5.74) is 0. The molecule has 2 atom stereocenters.